The van der Waals surface area contributed by atoms with Crippen LogP contribution in [-0.4, -0.2) is 43.3 Å². The summed E-state index contributed by atoms with van der Waals surface area (Å²) in [5.41, 5.74) is 0.628. The van der Waals surface area contributed by atoms with Gasteiger partial charge in [0.15, 0.2) is 0 Å². The van der Waals surface area contributed by atoms with Crippen molar-refractivity contribution in [3.05, 3.63) is 35.4 Å². The van der Waals surface area contributed by atoms with Crippen molar-refractivity contribution in [2.45, 2.75) is 25.8 Å². The van der Waals surface area contributed by atoms with Gasteiger partial charge in [-0.15, -0.1) is 0 Å². The summed E-state index contributed by atoms with van der Waals surface area (Å²) >= 11 is 0. The number of halogens is 2. The van der Waals surface area contributed by atoms with Crippen LogP contribution in [0.5, 0.6) is 0 Å². The number of rotatable bonds is 9. The topological polar surface area (TPSA) is 35.5 Å². The van der Waals surface area contributed by atoms with Gasteiger partial charge in [0.05, 0.1) is 0 Å². The molecule has 0 saturated heterocycles. The maximum atomic E-state index is 13.3. The van der Waals surface area contributed by atoms with Crippen molar-refractivity contribution in [1.82, 2.24) is 10.2 Å². The smallest absolute Gasteiger partial charge is 0.126 e. The van der Waals surface area contributed by atoms with E-state index in [2.05, 4.69) is 17.1 Å². The Labute approximate surface area is 119 Å². The van der Waals surface area contributed by atoms with E-state index in [0.29, 0.717) is 5.56 Å². The number of aliphatic hydroxyl groups is 1. The molecule has 1 atom stereocenters. The first-order chi connectivity index (χ1) is 9.60. The van der Waals surface area contributed by atoms with E-state index in [1.54, 1.807) is 7.05 Å². The van der Waals surface area contributed by atoms with Gasteiger partial charge in [-0.1, -0.05) is 6.92 Å². The highest BCUT2D eigenvalue weighted by atomic mass is 19.1. The summed E-state index contributed by atoms with van der Waals surface area (Å²) in [6, 6.07) is 3.54. The summed E-state index contributed by atoms with van der Waals surface area (Å²) in [4.78, 5) is 2.22. The molecular weight excluding hydrogens is 262 g/mol. The van der Waals surface area contributed by atoms with E-state index in [1.165, 1.54) is 12.1 Å². The lowest BCUT2D eigenvalue weighted by molar-refractivity contribution is 0.223. The molecule has 0 amide bonds. The van der Waals surface area contributed by atoms with E-state index >= 15 is 0 Å². The predicted octanol–water partition coefficient (Wildman–Crippen LogP) is 2.32. The number of nitrogens with one attached hydrogen (secondary N) is 1. The van der Waals surface area contributed by atoms with Crippen molar-refractivity contribution in [2.24, 2.45) is 0 Å². The molecule has 20 heavy (non-hydrogen) atoms. The molecule has 2 N–H and O–H groups in total. The van der Waals surface area contributed by atoms with Crippen molar-refractivity contribution in [3.8, 4) is 0 Å². The standard InChI is InChI=1S/C15H24F2N2O/c1-3-19(6-4-8-20)7-5-15(18-2)12-9-13(16)11-14(17)10-12/h9-11,15,18,20H,3-8H2,1-2H3. The average molecular weight is 286 g/mol. The molecule has 0 spiro atoms. The van der Waals surface area contributed by atoms with Crippen LogP contribution < -0.4 is 5.32 Å². The van der Waals surface area contributed by atoms with Gasteiger partial charge in [0, 0.05) is 25.3 Å². The maximum Gasteiger partial charge on any atom is 0.126 e. The van der Waals surface area contributed by atoms with E-state index in [0.717, 1.165) is 38.5 Å². The molecule has 0 aliphatic carbocycles. The number of hydrogen-bond acceptors (Lipinski definition) is 3. The normalized spacial score (nSPS) is 12.9. The zero-order valence-corrected chi connectivity index (χ0v) is 12.2. The molecule has 0 aromatic heterocycles. The Hall–Kier alpha value is -1.04. The van der Waals surface area contributed by atoms with Gasteiger partial charge in [-0.25, -0.2) is 8.78 Å². The lowest BCUT2D eigenvalue weighted by atomic mass is 10.0. The van der Waals surface area contributed by atoms with Gasteiger partial charge >= 0.3 is 0 Å². The molecule has 0 saturated carbocycles. The summed E-state index contributed by atoms with van der Waals surface area (Å²) < 4.78 is 26.5. The van der Waals surface area contributed by atoms with Crippen molar-refractivity contribution >= 4 is 0 Å². The molecule has 0 aliphatic rings. The highest BCUT2D eigenvalue weighted by molar-refractivity contribution is 5.21. The van der Waals surface area contributed by atoms with Crippen LogP contribution in [0.2, 0.25) is 0 Å². The van der Waals surface area contributed by atoms with Gasteiger partial charge in [0.25, 0.3) is 0 Å². The minimum Gasteiger partial charge on any atom is -0.396 e. The first kappa shape index (κ1) is 17.0. The first-order valence-electron chi connectivity index (χ1n) is 7.07. The predicted molar refractivity (Wildman–Crippen MR) is 76.6 cm³/mol. The Balaban J connectivity index is 2.62. The largest absolute Gasteiger partial charge is 0.396 e. The van der Waals surface area contributed by atoms with Gasteiger partial charge in [-0.05, 0) is 50.7 Å². The quantitative estimate of drug-likeness (QED) is 0.731. The highest BCUT2D eigenvalue weighted by Crippen LogP contribution is 2.19. The van der Waals surface area contributed by atoms with Gasteiger partial charge in [-0.2, -0.15) is 0 Å². The average Bonchev–Trinajstić information content (AvgIpc) is 2.41. The second-order valence-corrected chi connectivity index (χ2v) is 4.84. The Bertz CT molecular complexity index is 381. The lowest BCUT2D eigenvalue weighted by Gasteiger charge is -2.24. The molecule has 0 radical (unpaired) electrons. The van der Waals surface area contributed by atoms with Crippen molar-refractivity contribution in [1.29, 1.82) is 0 Å². The van der Waals surface area contributed by atoms with Gasteiger partial charge in [-0.3, -0.25) is 0 Å². The van der Waals surface area contributed by atoms with Crippen LogP contribution >= 0.6 is 0 Å². The zero-order chi connectivity index (χ0) is 15.0. The van der Waals surface area contributed by atoms with Crippen LogP contribution in [0.25, 0.3) is 0 Å². The molecule has 5 heteroatoms. The third kappa shape index (κ3) is 5.53. The highest BCUT2D eigenvalue weighted by Gasteiger charge is 2.13. The van der Waals surface area contributed by atoms with Gasteiger partial charge in [0.2, 0.25) is 0 Å². The summed E-state index contributed by atoms with van der Waals surface area (Å²) in [7, 11) is 1.79. The molecule has 0 aliphatic heterocycles. The minimum absolute atomic E-state index is 0.0802. The number of benzene rings is 1. The van der Waals surface area contributed by atoms with E-state index in [4.69, 9.17) is 5.11 Å². The summed E-state index contributed by atoms with van der Waals surface area (Å²) in [5.74, 6) is -1.10. The fourth-order valence-corrected chi connectivity index (χ4v) is 2.29. The van der Waals surface area contributed by atoms with Crippen LogP contribution in [0.15, 0.2) is 18.2 Å². The third-order valence-corrected chi connectivity index (χ3v) is 3.45. The van der Waals surface area contributed by atoms with Crippen LogP contribution in [0.3, 0.4) is 0 Å². The number of aliphatic hydroxyl groups excluding tert-OH is 1. The second kappa shape index (κ2) is 9.00. The van der Waals surface area contributed by atoms with E-state index in [1.807, 2.05) is 0 Å². The number of nitrogens with zero attached hydrogens (tertiary/aromatic N) is 1. The summed E-state index contributed by atoms with van der Waals surface area (Å²) in [6.07, 6.45) is 1.51. The van der Waals surface area contributed by atoms with Crippen molar-refractivity contribution < 1.29 is 13.9 Å². The van der Waals surface area contributed by atoms with Crippen molar-refractivity contribution in [3.63, 3.8) is 0 Å². The fourth-order valence-electron chi connectivity index (χ4n) is 2.29. The van der Waals surface area contributed by atoms with Crippen LogP contribution in [0.4, 0.5) is 8.78 Å². The third-order valence-electron chi connectivity index (χ3n) is 3.45. The van der Waals surface area contributed by atoms with Gasteiger partial charge in [0.1, 0.15) is 11.6 Å². The Kier molecular flexibility index (Phi) is 7.65. The SMILES string of the molecule is CCN(CCCO)CCC(NC)c1cc(F)cc(F)c1. The molecule has 1 unspecified atom stereocenters. The zero-order valence-electron chi connectivity index (χ0n) is 12.2. The maximum absolute atomic E-state index is 13.3. The van der Waals surface area contributed by atoms with E-state index < -0.39 is 11.6 Å². The van der Waals surface area contributed by atoms with Crippen molar-refractivity contribution in [2.75, 3.05) is 33.3 Å². The van der Waals surface area contributed by atoms with Gasteiger partial charge < -0.3 is 15.3 Å². The molecule has 1 aromatic carbocycles. The van der Waals surface area contributed by atoms with Crippen LogP contribution in [-0.2, 0) is 0 Å². The molecule has 114 valence electrons. The number of hydrogen-bond donors (Lipinski definition) is 2. The van der Waals surface area contributed by atoms with E-state index in [-0.39, 0.29) is 12.6 Å². The lowest BCUT2D eigenvalue weighted by Crippen LogP contribution is -2.29. The van der Waals surface area contributed by atoms with Crippen LogP contribution in [0, 0.1) is 11.6 Å². The molecule has 0 bridgehead atoms. The van der Waals surface area contributed by atoms with E-state index in [9.17, 15) is 8.78 Å². The second-order valence-electron chi connectivity index (χ2n) is 4.84. The first-order valence-corrected chi connectivity index (χ1v) is 7.07. The summed E-state index contributed by atoms with van der Waals surface area (Å²) in [5, 5.41) is 11.9. The fraction of sp³-hybridized carbons (Fsp3) is 0.600. The van der Waals surface area contributed by atoms with Crippen LogP contribution in [0.1, 0.15) is 31.4 Å². The Morgan fingerprint density at radius 1 is 1.20 bits per heavy atom. The Morgan fingerprint density at radius 3 is 2.35 bits per heavy atom. The molecule has 0 heterocycles. The monoisotopic (exact) mass is 286 g/mol. The minimum atomic E-state index is -0.548. The molecule has 1 rings (SSSR count). The molecule has 0 fully saturated rings. The molecular formula is C15H24F2N2O. The Morgan fingerprint density at radius 2 is 1.85 bits per heavy atom. The molecule has 3 nitrogen and oxygen atoms in total. The summed E-state index contributed by atoms with van der Waals surface area (Å²) in [6.45, 7) is 4.80. The molecule has 1 aromatic rings.